The zero-order chi connectivity index (χ0) is 11.5. The molecule has 1 aromatic rings. The minimum Gasteiger partial charge on any atom is -0.427 e. The first kappa shape index (κ1) is 11.0. The summed E-state index contributed by atoms with van der Waals surface area (Å²) in [6, 6.07) is 3.68. The van der Waals surface area contributed by atoms with Gasteiger partial charge in [-0.05, 0) is 25.8 Å². The molecule has 1 aromatic heterocycles. The van der Waals surface area contributed by atoms with Crippen LogP contribution in [0.3, 0.4) is 0 Å². The monoisotopic (exact) mass is 221 g/mol. The zero-order valence-corrected chi connectivity index (χ0v) is 9.74. The number of anilines is 1. The molecule has 0 aromatic carbocycles. The largest absolute Gasteiger partial charge is 0.427 e. The SMILES string of the molecule is Cc1cc(N2CCCCCC2)cc(=N)n1O. The number of hydrogen-bond acceptors (Lipinski definition) is 3. The smallest absolute Gasteiger partial charge is 0.162 e. The number of rotatable bonds is 1. The number of aromatic nitrogens is 1. The molecule has 1 saturated heterocycles. The van der Waals surface area contributed by atoms with Crippen LogP contribution >= 0.6 is 0 Å². The third kappa shape index (κ3) is 2.21. The maximum Gasteiger partial charge on any atom is 0.162 e. The molecule has 2 heterocycles. The van der Waals surface area contributed by atoms with E-state index in [0.717, 1.165) is 23.5 Å². The molecule has 4 nitrogen and oxygen atoms in total. The van der Waals surface area contributed by atoms with Gasteiger partial charge < -0.3 is 10.1 Å². The molecule has 0 atom stereocenters. The summed E-state index contributed by atoms with van der Waals surface area (Å²) in [4.78, 5) is 2.32. The third-order valence-corrected chi connectivity index (χ3v) is 3.17. The molecule has 1 aliphatic rings. The van der Waals surface area contributed by atoms with Crippen LogP contribution in [0.25, 0.3) is 0 Å². The molecule has 0 unspecified atom stereocenters. The highest BCUT2D eigenvalue weighted by Crippen LogP contribution is 2.18. The van der Waals surface area contributed by atoms with Gasteiger partial charge in [0, 0.05) is 24.8 Å². The van der Waals surface area contributed by atoms with E-state index in [9.17, 15) is 5.21 Å². The summed E-state index contributed by atoms with van der Waals surface area (Å²) in [6.45, 7) is 3.95. The van der Waals surface area contributed by atoms with Gasteiger partial charge in [-0.1, -0.05) is 12.8 Å². The number of nitrogens with zero attached hydrogens (tertiary/aromatic N) is 2. The Kier molecular flexibility index (Phi) is 3.17. The van der Waals surface area contributed by atoms with Crippen molar-refractivity contribution < 1.29 is 5.21 Å². The van der Waals surface area contributed by atoms with Crippen molar-refractivity contribution in [3.63, 3.8) is 0 Å². The van der Waals surface area contributed by atoms with Crippen molar-refractivity contribution in [2.24, 2.45) is 0 Å². The van der Waals surface area contributed by atoms with Crippen molar-refractivity contribution in [2.45, 2.75) is 32.6 Å². The van der Waals surface area contributed by atoms with E-state index in [1.807, 2.05) is 13.0 Å². The molecule has 88 valence electrons. The first-order valence-corrected chi connectivity index (χ1v) is 5.91. The van der Waals surface area contributed by atoms with Crippen LogP contribution in [0.1, 0.15) is 31.4 Å². The molecule has 2 N–H and O–H groups in total. The molecular formula is C12H19N3O. The van der Waals surface area contributed by atoms with Crippen LogP contribution in [0.15, 0.2) is 12.1 Å². The van der Waals surface area contributed by atoms with Gasteiger partial charge in [0.25, 0.3) is 0 Å². The summed E-state index contributed by atoms with van der Waals surface area (Å²) in [6.07, 6.45) is 5.05. The lowest BCUT2D eigenvalue weighted by Crippen LogP contribution is -2.27. The molecule has 0 aliphatic carbocycles. The van der Waals surface area contributed by atoms with Crippen LogP contribution in [0.2, 0.25) is 0 Å². The van der Waals surface area contributed by atoms with Gasteiger partial charge in [-0.2, -0.15) is 4.73 Å². The second-order valence-corrected chi connectivity index (χ2v) is 4.45. The van der Waals surface area contributed by atoms with E-state index in [1.165, 1.54) is 25.7 Å². The number of nitrogens with one attached hydrogen (secondary N) is 1. The highest BCUT2D eigenvalue weighted by atomic mass is 16.5. The normalized spacial score (nSPS) is 17.2. The standard InChI is InChI=1S/C12H19N3O/c1-10-8-11(9-12(13)15(10)16)14-6-4-2-3-5-7-14/h8-9,13,16H,2-7H2,1H3. The van der Waals surface area contributed by atoms with E-state index in [1.54, 1.807) is 6.07 Å². The Labute approximate surface area is 95.6 Å². The predicted molar refractivity (Wildman–Crippen MR) is 62.9 cm³/mol. The highest BCUT2D eigenvalue weighted by molar-refractivity contribution is 5.46. The Hall–Kier alpha value is -1.45. The summed E-state index contributed by atoms with van der Waals surface area (Å²) >= 11 is 0. The quantitative estimate of drug-likeness (QED) is 0.712. The van der Waals surface area contributed by atoms with Crippen molar-refractivity contribution >= 4 is 5.69 Å². The first-order valence-electron chi connectivity index (χ1n) is 5.91. The predicted octanol–water partition coefficient (Wildman–Crippen LogP) is 1.89. The molecular weight excluding hydrogens is 202 g/mol. The van der Waals surface area contributed by atoms with Crippen LogP contribution in [0.5, 0.6) is 0 Å². The molecule has 4 heteroatoms. The van der Waals surface area contributed by atoms with Crippen LogP contribution < -0.4 is 10.4 Å². The maximum atomic E-state index is 9.50. The van der Waals surface area contributed by atoms with Crippen LogP contribution in [-0.4, -0.2) is 23.0 Å². The summed E-state index contributed by atoms with van der Waals surface area (Å²) in [7, 11) is 0. The molecule has 16 heavy (non-hydrogen) atoms. The van der Waals surface area contributed by atoms with Crippen LogP contribution in [0.4, 0.5) is 5.69 Å². The summed E-state index contributed by atoms with van der Waals surface area (Å²) < 4.78 is 0.918. The third-order valence-electron chi connectivity index (χ3n) is 3.17. The molecule has 0 amide bonds. The van der Waals surface area contributed by atoms with Crippen molar-refractivity contribution in [3.8, 4) is 0 Å². The van der Waals surface area contributed by atoms with Gasteiger partial charge in [-0.15, -0.1) is 0 Å². The number of aryl methyl sites for hydroxylation is 1. The van der Waals surface area contributed by atoms with Crippen LogP contribution in [-0.2, 0) is 0 Å². The lowest BCUT2D eigenvalue weighted by atomic mass is 10.2. The van der Waals surface area contributed by atoms with Crippen molar-refractivity contribution in [3.05, 3.63) is 23.3 Å². The fourth-order valence-electron chi connectivity index (χ4n) is 2.22. The van der Waals surface area contributed by atoms with Gasteiger partial charge in [-0.3, -0.25) is 5.41 Å². The Morgan fingerprint density at radius 1 is 1.12 bits per heavy atom. The fraction of sp³-hybridized carbons (Fsp3) is 0.583. The van der Waals surface area contributed by atoms with Gasteiger partial charge in [0.2, 0.25) is 0 Å². The van der Waals surface area contributed by atoms with Gasteiger partial charge in [0.05, 0.1) is 5.69 Å². The Balaban J connectivity index is 2.28. The van der Waals surface area contributed by atoms with Gasteiger partial charge in [-0.25, -0.2) is 0 Å². The van der Waals surface area contributed by atoms with Crippen molar-refractivity contribution in [2.75, 3.05) is 18.0 Å². The molecule has 0 saturated carbocycles. The molecule has 2 rings (SSSR count). The molecule has 0 bridgehead atoms. The van der Waals surface area contributed by atoms with Gasteiger partial charge in [0.1, 0.15) is 0 Å². The summed E-state index contributed by atoms with van der Waals surface area (Å²) in [5.74, 6) is 0. The highest BCUT2D eigenvalue weighted by Gasteiger charge is 2.11. The fourth-order valence-corrected chi connectivity index (χ4v) is 2.22. The lowest BCUT2D eigenvalue weighted by Gasteiger charge is -2.23. The first-order chi connectivity index (χ1) is 7.68. The number of pyridine rings is 1. The van der Waals surface area contributed by atoms with E-state index in [-0.39, 0.29) is 5.49 Å². The maximum absolute atomic E-state index is 9.50. The molecule has 1 fully saturated rings. The van der Waals surface area contributed by atoms with Gasteiger partial charge >= 0.3 is 0 Å². The second-order valence-electron chi connectivity index (χ2n) is 4.45. The minimum absolute atomic E-state index is 0.152. The second kappa shape index (κ2) is 4.60. The van der Waals surface area contributed by atoms with Gasteiger partial charge in [0.15, 0.2) is 5.49 Å². The lowest BCUT2D eigenvalue weighted by molar-refractivity contribution is 0.164. The summed E-state index contributed by atoms with van der Waals surface area (Å²) in [5.41, 5.74) is 1.93. The average molecular weight is 221 g/mol. The van der Waals surface area contributed by atoms with E-state index in [0.29, 0.717) is 5.69 Å². The molecule has 0 spiro atoms. The Bertz CT molecular complexity index is 417. The van der Waals surface area contributed by atoms with E-state index in [4.69, 9.17) is 5.41 Å². The number of hydrogen-bond donors (Lipinski definition) is 2. The minimum atomic E-state index is 0.152. The van der Waals surface area contributed by atoms with E-state index < -0.39 is 0 Å². The van der Waals surface area contributed by atoms with Crippen molar-refractivity contribution in [1.29, 1.82) is 5.41 Å². The van der Waals surface area contributed by atoms with Crippen molar-refractivity contribution in [1.82, 2.24) is 4.73 Å². The van der Waals surface area contributed by atoms with Crippen LogP contribution in [0, 0.1) is 12.3 Å². The summed E-state index contributed by atoms with van der Waals surface area (Å²) in [5, 5.41) is 17.2. The van der Waals surface area contributed by atoms with E-state index >= 15 is 0 Å². The topological polar surface area (TPSA) is 52.2 Å². The molecule has 1 aliphatic heterocycles. The Morgan fingerprint density at radius 2 is 1.75 bits per heavy atom. The molecule has 0 radical (unpaired) electrons. The average Bonchev–Trinajstić information content (AvgIpc) is 2.53. The van der Waals surface area contributed by atoms with E-state index in [2.05, 4.69) is 4.90 Å². The zero-order valence-electron chi connectivity index (χ0n) is 9.74. The Morgan fingerprint density at radius 3 is 2.31 bits per heavy atom.